The minimum Gasteiger partial charge on any atom is -0.390 e. The molecule has 6 heteroatoms. The van der Waals surface area contributed by atoms with E-state index in [1.54, 1.807) is 39.0 Å². The molecule has 0 spiro atoms. The molecule has 0 amide bonds. The van der Waals surface area contributed by atoms with Gasteiger partial charge in [0, 0.05) is 16.7 Å². The smallest absolute Gasteiger partial charge is 0.190 e. The van der Waals surface area contributed by atoms with Crippen LogP contribution in [-0.2, 0) is 4.79 Å². The summed E-state index contributed by atoms with van der Waals surface area (Å²) in [5, 5.41) is 39.9. The van der Waals surface area contributed by atoms with Crippen LogP contribution in [0.2, 0.25) is 0 Å². The van der Waals surface area contributed by atoms with Crippen LogP contribution in [0.3, 0.4) is 0 Å². The summed E-state index contributed by atoms with van der Waals surface area (Å²) in [5.41, 5.74) is -4.53. The number of halogens is 1. The zero-order valence-corrected chi connectivity index (χ0v) is 16.7. The van der Waals surface area contributed by atoms with Crippen LogP contribution in [0.4, 0.5) is 4.39 Å². The Balaban J connectivity index is 1.84. The quantitative estimate of drug-likeness (QED) is 0.580. The van der Waals surface area contributed by atoms with E-state index in [4.69, 9.17) is 5.41 Å². The van der Waals surface area contributed by atoms with Crippen molar-refractivity contribution in [2.75, 3.05) is 6.61 Å². The van der Waals surface area contributed by atoms with E-state index in [0.717, 1.165) is 5.57 Å². The number of rotatable bonds is 2. The second-order valence-corrected chi connectivity index (χ2v) is 9.80. The number of hydrogen-bond donors (Lipinski definition) is 4. The van der Waals surface area contributed by atoms with E-state index < -0.39 is 52.4 Å². The average Bonchev–Trinajstić information content (AvgIpc) is 2.84. The van der Waals surface area contributed by atoms with Crippen LogP contribution in [0.15, 0.2) is 23.8 Å². The van der Waals surface area contributed by atoms with Crippen LogP contribution < -0.4 is 0 Å². The number of Topliss-reactive ketones (excluding diaryl/α,β-unsaturated/α-hetero) is 1. The molecule has 0 saturated heterocycles. The van der Waals surface area contributed by atoms with Crippen LogP contribution in [-0.4, -0.2) is 50.8 Å². The minimum absolute atomic E-state index is 0.0363. The number of aliphatic hydroxyl groups excluding tert-OH is 2. The molecule has 4 N–H and O–H groups in total. The van der Waals surface area contributed by atoms with Gasteiger partial charge in [-0.05, 0) is 56.6 Å². The van der Waals surface area contributed by atoms with Crippen LogP contribution in [0.25, 0.3) is 0 Å². The molecule has 28 heavy (non-hydrogen) atoms. The molecule has 3 fully saturated rings. The third kappa shape index (κ3) is 2.01. The fraction of sp³-hybridized carbons (Fsp3) is 0.727. The third-order valence-corrected chi connectivity index (χ3v) is 8.82. The average molecular weight is 391 g/mol. The van der Waals surface area contributed by atoms with Gasteiger partial charge in [0.2, 0.25) is 0 Å². The zero-order chi connectivity index (χ0) is 20.7. The summed E-state index contributed by atoms with van der Waals surface area (Å²) in [4.78, 5) is 12.6. The van der Waals surface area contributed by atoms with Crippen molar-refractivity contribution in [3.63, 3.8) is 0 Å². The topological polar surface area (TPSA) is 102 Å². The second-order valence-electron chi connectivity index (χ2n) is 9.80. The summed E-state index contributed by atoms with van der Waals surface area (Å²) in [6.45, 7) is 4.59. The maximum atomic E-state index is 16.9. The van der Waals surface area contributed by atoms with Crippen molar-refractivity contribution in [2.24, 2.45) is 28.6 Å². The molecule has 5 nitrogen and oxygen atoms in total. The lowest BCUT2D eigenvalue weighted by atomic mass is 9.44. The minimum atomic E-state index is -1.92. The van der Waals surface area contributed by atoms with Crippen molar-refractivity contribution in [1.82, 2.24) is 0 Å². The molecule has 3 saturated carbocycles. The normalized spacial score (nSPS) is 52.5. The molecule has 0 aromatic heterocycles. The first-order valence-corrected chi connectivity index (χ1v) is 10.2. The van der Waals surface area contributed by atoms with Gasteiger partial charge in [-0.3, -0.25) is 4.79 Å². The molecule has 8 atom stereocenters. The molecule has 0 radical (unpaired) electrons. The van der Waals surface area contributed by atoms with E-state index in [-0.39, 0.29) is 12.3 Å². The van der Waals surface area contributed by atoms with E-state index in [9.17, 15) is 20.1 Å². The summed E-state index contributed by atoms with van der Waals surface area (Å²) in [6, 6.07) is 0. The molecule has 0 aliphatic heterocycles. The fourth-order valence-electron chi connectivity index (χ4n) is 7.28. The molecule has 0 bridgehead atoms. The highest BCUT2D eigenvalue weighted by molar-refractivity contribution is 6.03. The molecule has 4 aliphatic carbocycles. The zero-order valence-electron chi connectivity index (χ0n) is 16.7. The van der Waals surface area contributed by atoms with Crippen molar-refractivity contribution in [2.45, 2.75) is 63.8 Å². The fourth-order valence-corrected chi connectivity index (χ4v) is 7.28. The SMILES string of the molecule is C[C@@H]1C[C@H]2C3CCC4=CC(=N)C=CC4(C)[C@@]3(F)[C@@H](O)CC2(C)[C@@]1(O)C(=O)CO. The van der Waals surface area contributed by atoms with Crippen molar-refractivity contribution >= 4 is 11.5 Å². The van der Waals surface area contributed by atoms with E-state index in [2.05, 4.69) is 0 Å². The lowest BCUT2D eigenvalue weighted by Crippen LogP contribution is -2.69. The molecule has 0 aromatic rings. The van der Waals surface area contributed by atoms with Gasteiger partial charge in [-0.15, -0.1) is 0 Å². The number of hydrogen-bond acceptors (Lipinski definition) is 5. The van der Waals surface area contributed by atoms with Crippen LogP contribution in [0, 0.1) is 34.0 Å². The van der Waals surface area contributed by atoms with E-state index in [1.807, 2.05) is 0 Å². The third-order valence-electron chi connectivity index (χ3n) is 8.82. The number of fused-ring (bicyclic) bond motifs is 5. The maximum Gasteiger partial charge on any atom is 0.190 e. The summed E-state index contributed by atoms with van der Waals surface area (Å²) in [5.74, 6) is -1.85. The van der Waals surface area contributed by atoms with E-state index in [1.165, 1.54) is 0 Å². The van der Waals surface area contributed by atoms with Gasteiger partial charge in [-0.25, -0.2) is 4.39 Å². The lowest BCUT2D eigenvalue weighted by molar-refractivity contribution is -0.219. The Morgan fingerprint density at radius 2 is 2.04 bits per heavy atom. The van der Waals surface area contributed by atoms with Crippen LogP contribution in [0.5, 0.6) is 0 Å². The van der Waals surface area contributed by atoms with Crippen molar-refractivity contribution in [3.8, 4) is 0 Å². The second kappa shape index (κ2) is 5.83. The van der Waals surface area contributed by atoms with Crippen molar-refractivity contribution in [1.29, 1.82) is 5.41 Å². The summed E-state index contributed by atoms with van der Waals surface area (Å²) in [7, 11) is 0. The van der Waals surface area contributed by atoms with Crippen molar-refractivity contribution < 1.29 is 24.5 Å². The number of nitrogens with one attached hydrogen (secondary N) is 1. The Labute approximate surface area is 164 Å². The van der Waals surface area contributed by atoms with Crippen LogP contribution in [0.1, 0.15) is 46.5 Å². The van der Waals surface area contributed by atoms with Gasteiger partial charge >= 0.3 is 0 Å². The largest absolute Gasteiger partial charge is 0.390 e. The number of allylic oxidation sites excluding steroid dienone is 4. The molecule has 0 aromatic carbocycles. The Hall–Kier alpha value is -1.37. The van der Waals surface area contributed by atoms with Gasteiger partial charge in [0.25, 0.3) is 0 Å². The van der Waals surface area contributed by atoms with Gasteiger partial charge in [-0.2, -0.15) is 0 Å². The summed E-state index contributed by atoms with van der Waals surface area (Å²) in [6.07, 6.45) is 5.24. The predicted molar refractivity (Wildman–Crippen MR) is 103 cm³/mol. The Morgan fingerprint density at radius 1 is 1.36 bits per heavy atom. The number of aliphatic hydroxyl groups is 3. The molecule has 4 aliphatic rings. The monoisotopic (exact) mass is 391 g/mol. The van der Waals surface area contributed by atoms with Gasteiger partial charge < -0.3 is 20.7 Å². The highest BCUT2D eigenvalue weighted by atomic mass is 19.1. The van der Waals surface area contributed by atoms with Gasteiger partial charge in [0.1, 0.15) is 12.2 Å². The molecule has 4 rings (SSSR count). The maximum absolute atomic E-state index is 16.9. The first kappa shape index (κ1) is 19.9. The highest BCUT2D eigenvalue weighted by Gasteiger charge is 2.75. The molecular formula is C22H30FNO4. The molecule has 0 heterocycles. The number of carbonyl (C=O) groups excluding carboxylic acids is 1. The van der Waals surface area contributed by atoms with Crippen LogP contribution >= 0.6 is 0 Å². The van der Waals surface area contributed by atoms with Gasteiger partial charge in [0.05, 0.1) is 11.8 Å². The molecule has 3 unspecified atom stereocenters. The van der Waals surface area contributed by atoms with E-state index >= 15 is 4.39 Å². The Bertz CT molecular complexity index is 808. The molecular weight excluding hydrogens is 361 g/mol. The van der Waals surface area contributed by atoms with Crippen molar-refractivity contribution in [3.05, 3.63) is 23.8 Å². The van der Waals surface area contributed by atoms with Gasteiger partial charge in [-0.1, -0.05) is 25.5 Å². The Morgan fingerprint density at radius 3 is 2.68 bits per heavy atom. The number of alkyl halides is 1. The highest BCUT2D eigenvalue weighted by Crippen LogP contribution is 2.70. The number of ketones is 1. The summed E-state index contributed by atoms with van der Waals surface area (Å²) < 4.78 is 16.9. The standard InChI is InChI=1S/C22H30FNO4/c1-12-8-16-15-5-4-13-9-14(24)6-7-19(13,2)21(15,23)17(26)10-20(16,3)22(12,28)18(27)11-25/h6-7,9,12,15-17,24-26,28H,4-5,8,10-11H2,1-3H3/t12-,15?,16+,17+,19?,20?,21+,22+/m1/s1. The first-order chi connectivity index (χ1) is 13.0. The predicted octanol–water partition coefficient (Wildman–Crippen LogP) is 2.35. The number of carbonyl (C=O) groups is 1. The van der Waals surface area contributed by atoms with E-state index in [0.29, 0.717) is 25.0 Å². The first-order valence-electron chi connectivity index (χ1n) is 10.2. The Kier molecular flexibility index (Phi) is 4.15. The van der Waals surface area contributed by atoms with Gasteiger partial charge in [0.15, 0.2) is 11.5 Å². The summed E-state index contributed by atoms with van der Waals surface area (Å²) >= 11 is 0. The lowest BCUT2D eigenvalue weighted by Gasteiger charge is -2.62. The molecule has 154 valence electrons.